The summed E-state index contributed by atoms with van der Waals surface area (Å²) in [4.78, 5) is 33.6. The number of carbonyl (C=O) groups is 2. The van der Waals surface area contributed by atoms with Gasteiger partial charge in [-0.2, -0.15) is 0 Å². The Morgan fingerprint density at radius 2 is 1.76 bits per heavy atom. The van der Waals surface area contributed by atoms with Crippen LogP contribution in [0.3, 0.4) is 0 Å². The molecule has 128 valence electrons. The topological polar surface area (TPSA) is 101 Å². The Hall–Kier alpha value is -3.48. The minimum absolute atomic E-state index is 0.0399. The van der Waals surface area contributed by atoms with Crippen LogP contribution in [0.25, 0.3) is 6.08 Å². The number of non-ortho nitro benzene ring substituents is 1. The van der Waals surface area contributed by atoms with Crippen LogP contribution in [0.1, 0.15) is 18.9 Å². The van der Waals surface area contributed by atoms with Crippen molar-refractivity contribution in [1.29, 1.82) is 0 Å². The molecular formula is C18H17N3O4. The molecule has 0 spiro atoms. The van der Waals surface area contributed by atoms with Crippen LogP contribution in [-0.4, -0.2) is 16.7 Å². The molecule has 0 bridgehead atoms. The number of benzene rings is 2. The van der Waals surface area contributed by atoms with Crippen LogP contribution in [0.2, 0.25) is 0 Å². The lowest BCUT2D eigenvalue weighted by atomic mass is 10.2. The van der Waals surface area contributed by atoms with E-state index in [1.807, 2.05) is 0 Å². The van der Waals surface area contributed by atoms with Gasteiger partial charge in [0, 0.05) is 36.0 Å². The van der Waals surface area contributed by atoms with E-state index in [-0.39, 0.29) is 17.5 Å². The van der Waals surface area contributed by atoms with Gasteiger partial charge in [-0.15, -0.1) is 0 Å². The van der Waals surface area contributed by atoms with E-state index in [2.05, 4.69) is 10.6 Å². The molecule has 2 amide bonds. The molecule has 2 aromatic rings. The minimum atomic E-state index is -0.493. The molecule has 0 saturated carbocycles. The maximum atomic E-state index is 12.0. The zero-order valence-corrected chi connectivity index (χ0v) is 13.6. The monoisotopic (exact) mass is 339 g/mol. The molecule has 0 saturated heterocycles. The number of amides is 2. The fraction of sp³-hybridized carbons (Fsp3) is 0.111. The highest BCUT2D eigenvalue weighted by Crippen LogP contribution is 2.16. The quantitative estimate of drug-likeness (QED) is 0.477. The normalized spacial score (nSPS) is 10.4. The van der Waals surface area contributed by atoms with Crippen LogP contribution in [-0.2, 0) is 9.59 Å². The van der Waals surface area contributed by atoms with E-state index in [0.29, 0.717) is 23.4 Å². The van der Waals surface area contributed by atoms with E-state index in [4.69, 9.17) is 0 Å². The second kappa shape index (κ2) is 8.39. The van der Waals surface area contributed by atoms with Gasteiger partial charge >= 0.3 is 0 Å². The van der Waals surface area contributed by atoms with Gasteiger partial charge in [-0.1, -0.05) is 25.1 Å². The molecule has 25 heavy (non-hydrogen) atoms. The van der Waals surface area contributed by atoms with Crippen molar-refractivity contribution in [2.45, 2.75) is 13.3 Å². The van der Waals surface area contributed by atoms with E-state index in [1.165, 1.54) is 24.3 Å². The number of nitro benzene ring substituents is 1. The van der Waals surface area contributed by atoms with Crippen molar-refractivity contribution in [2.24, 2.45) is 0 Å². The fourth-order valence-corrected chi connectivity index (χ4v) is 2.02. The average Bonchev–Trinajstić information content (AvgIpc) is 2.60. The molecule has 0 aliphatic rings. The molecule has 0 fully saturated rings. The number of rotatable bonds is 6. The molecule has 0 atom stereocenters. The number of nitrogens with one attached hydrogen (secondary N) is 2. The van der Waals surface area contributed by atoms with Gasteiger partial charge in [0.25, 0.3) is 5.69 Å². The van der Waals surface area contributed by atoms with Crippen LogP contribution in [0, 0.1) is 10.1 Å². The number of carbonyl (C=O) groups excluding carboxylic acids is 2. The van der Waals surface area contributed by atoms with Gasteiger partial charge in [-0.05, 0) is 29.8 Å². The summed E-state index contributed by atoms with van der Waals surface area (Å²) in [6.45, 7) is 1.75. The van der Waals surface area contributed by atoms with Crippen molar-refractivity contribution < 1.29 is 14.5 Å². The highest BCUT2D eigenvalue weighted by atomic mass is 16.6. The molecule has 0 radical (unpaired) electrons. The van der Waals surface area contributed by atoms with Crippen LogP contribution in [0.4, 0.5) is 17.1 Å². The second-order valence-electron chi connectivity index (χ2n) is 5.16. The predicted octanol–water partition coefficient (Wildman–Crippen LogP) is 3.60. The third-order valence-electron chi connectivity index (χ3n) is 3.24. The van der Waals surface area contributed by atoms with Crippen molar-refractivity contribution in [1.82, 2.24) is 0 Å². The lowest BCUT2D eigenvalue weighted by Gasteiger charge is -2.07. The number of hydrogen-bond donors (Lipinski definition) is 2. The Balaban J connectivity index is 2.02. The van der Waals surface area contributed by atoms with Crippen LogP contribution in [0.5, 0.6) is 0 Å². The lowest BCUT2D eigenvalue weighted by Crippen LogP contribution is -2.11. The first kappa shape index (κ1) is 17.9. The minimum Gasteiger partial charge on any atom is -0.326 e. The molecule has 0 aliphatic carbocycles. The van der Waals surface area contributed by atoms with Crippen molar-refractivity contribution in [3.63, 3.8) is 0 Å². The molecule has 2 rings (SSSR count). The highest BCUT2D eigenvalue weighted by molar-refractivity contribution is 6.02. The Kier molecular flexibility index (Phi) is 6.00. The third kappa shape index (κ3) is 5.58. The largest absolute Gasteiger partial charge is 0.326 e. The third-order valence-corrected chi connectivity index (χ3v) is 3.24. The number of hydrogen-bond acceptors (Lipinski definition) is 4. The zero-order valence-electron chi connectivity index (χ0n) is 13.6. The van der Waals surface area contributed by atoms with Crippen molar-refractivity contribution in [3.05, 3.63) is 70.3 Å². The van der Waals surface area contributed by atoms with Crippen molar-refractivity contribution in [2.75, 3.05) is 10.6 Å². The second-order valence-corrected chi connectivity index (χ2v) is 5.16. The summed E-state index contributed by atoms with van der Waals surface area (Å²) in [5.41, 5.74) is 1.63. The SMILES string of the molecule is CCC(=O)Nc1cccc(NC(=O)/C=C/c2cccc([N+](=O)[O-])c2)c1. The van der Waals surface area contributed by atoms with Crippen molar-refractivity contribution in [3.8, 4) is 0 Å². The molecule has 0 aromatic heterocycles. The molecule has 7 nitrogen and oxygen atoms in total. The summed E-state index contributed by atoms with van der Waals surface area (Å²) in [5.74, 6) is -0.500. The van der Waals surface area contributed by atoms with Gasteiger partial charge < -0.3 is 10.6 Å². The van der Waals surface area contributed by atoms with Gasteiger partial charge in [-0.25, -0.2) is 0 Å². The standard InChI is InChI=1S/C18H17N3O4/c1-2-17(22)19-14-6-4-7-15(12-14)20-18(23)10-9-13-5-3-8-16(11-13)21(24)25/h3-12H,2H2,1H3,(H,19,22)(H,20,23)/b10-9+. The number of nitrogens with zero attached hydrogens (tertiary/aromatic N) is 1. The maximum Gasteiger partial charge on any atom is 0.270 e. The zero-order chi connectivity index (χ0) is 18.2. The summed E-state index contributed by atoms with van der Waals surface area (Å²) < 4.78 is 0. The maximum absolute atomic E-state index is 12.0. The molecule has 7 heteroatoms. The number of anilines is 2. The lowest BCUT2D eigenvalue weighted by molar-refractivity contribution is -0.384. The predicted molar refractivity (Wildman–Crippen MR) is 96.1 cm³/mol. The first-order chi connectivity index (χ1) is 12.0. The Labute approximate surface area is 144 Å². The van der Waals surface area contributed by atoms with Crippen LogP contribution < -0.4 is 10.6 Å². The Morgan fingerprint density at radius 3 is 2.44 bits per heavy atom. The fourth-order valence-electron chi connectivity index (χ4n) is 2.02. The van der Waals surface area contributed by atoms with Gasteiger partial charge in [0.05, 0.1) is 4.92 Å². The summed E-state index contributed by atoms with van der Waals surface area (Å²) in [5, 5.41) is 16.1. The first-order valence-corrected chi connectivity index (χ1v) is 7.61. The van der Waals surface area contributed by atoms with Gasteiger partial charge in [0.15, 0.2) is 0 Å². The number of nitro groups is 1. The highest BCUT2D eigenvalue weighted by Gasteiger charge is 2.05. The summed E-state index contributed by atoms with van der Waals surface area (Å²) in [6.07, 6.45) is 3.14. The molecule has 0 unspecified atom stereocenters. The van der Waals surface area contributed by atoms with Gasteiger partial charge in [-0.3, -0.25) is 19.7 Å². The molecule has 2 N–H and O–H groups in total. The van der Waals surface area contributed by atoms with E-state index >= 15 is 0 Å². The molecule has 2 aromatic carbocycles. The van der Waals surface area contributed by atoms with Crippen LogP contribution >= 0.6 is 0 Å². The molecular weight excluding hydrogens is 322 g/mol. The smallest absolute Gasteiger partial charge is 0.270 e. The van der Waals surface area contributed by atoms with Crippen LogP contribution in [0.15, 0.2) is 54.6 Å². The molecule has 0 aliphatic heterocycles. The first-order valence-electron chi connectivity index (χ1n) is 7.61. The summed E-state index contributed by atoms with van der Waals surface area (Å²) in [6, 6.07) is 12.8. The Morgan fingerprint density at radius 1 is 1.08 bits per heavy atom. The van der Waals surface area contributed by atoms with E-state index < -0.39 is 4.92 Å². The van der Waals surface area contributed by atoms with E-state index in [0.717, 1.165) is 0 Å². The van der Waals surface area contributed by atoms with E-state index in [1.54, 1.807) is 43.3 Å². The summed E-state index contributed by atoms with van der Waals surface area (Å²) >= 11 is 0. The Bertz CT molecular complexity index is 831. The molecule has 0 heterocycles. The van der Waals surface area contributed by atoms with Gasteiger partial charge in [0.1, 0.15) is 0 Å². The average molecular weight is 339 g/mol. The summed E-state index contributed by atoms with van der Waals surface area (Å²) in [7, 11) is 0. The van der Waals surface area contributed by atoms with Gasteiger partial charge in [0.2, 0.25) is 11.8 Å². The van der Waals surface area contributed by atoms with E-state index in [9.17, 15) is 19.7 Å². The van der Waals surface area contributed by atoms with Crippen molar-refractivity contribution >= 4 is 35.0 Å².